The molecule has 1 N–H and O–H groups in total. The van der Waals surface area contributed by atoms with E-state index in [0.29, 0.717) is 17.5 Å². The van der Waals surface area contributed by atoms with Gasteiger partial charge < -0.3 is 14.6 Å². The first-order chi connectivity index (χ1) is 14.1. The van der Waals surface area contributed by atoms with Crippen LogP contribution in [0.2, 0.25) is 0 Å². The van der Waals surface area contributed by atoms with Gasteiger partial charge in [0.1, 0.15) is 0 Å². The number of pyridine rings is 1. The molecule has 6 nitrogen and oxygen atoms in total. The molecule has 4 heterocycles. The molecule has 0 saturated carbocycles. The van der Waals surface area contributed by atoms with Crippen molar-refractivity contribution in [2.75, 3.05) is 32.0 Å². The zero-order valence-electron chi connectivity index (χ0n) is 16.8. The highest BCUT2D eigenvalue weighted by atomic mass is 19.1. The van der Waals surface area contributed by atoms with Gasteiger partial charge in [-0.05, 0) is 57.5 Å². The minimum atomic E-state index is -0.317. The van der Waals surface area contributed by atoms with Crippen LogP contribution in [0.3, 0.4) is 0 Å². The number of allylic oxidation sites excluding steroid dienone is 1. The summed E-state index contributed by atoms with van der Waals surface area (Å²) in [6, 6.07) is 1.55. The van der Waals surface area contributed by atoms with Gasteiger partial charge in [-0.2, -0.15) is 0 Å². The number of imidazole rings is 1. The first kappa shape index (κ1) is 18.2. The summed E-state index contributed by atoms with van der Waals surface area (Å²) in [5.41, 5.74) is 5.04. The monoisotopic (exact) mass is 392 g/mol. The van der Waals surface area contributed by atoms with Crippen LogP contribution >= 0.6 is 0 Å². The lowest BCUT2D eigenvalue weighted by Gasteiger charge is -2.28. The van der Waals surface area contributed by atoms with E-state index >= 15 is 0 Å². The minimum absolute atomic E-state index is 0.317. The van der Waals surface area contributed by atoms with Gasteiger partial charge in [0, 0.05) is 48.4 Å². The van der Waals surface area contributed by atoms with Crippen LogP contribution in [-0.4, -0.2) is 50.9 Å². The highest BCUT2D eigenvalue weighted by molar-refractivity contribution is 5.84. The van der Waals surface area contributed by atoms with Crippen LogP contribution in [0.4, 0.5) is 10.3 Å². The van der Waals surface area contributed by atoms with Gasteiger partial charge in [-0.1, -0.05) is 6.08 Å². The Hall–Kier alpha value is -2.80. The first-order valence-electron chi connectivity index (χ1n) is 10.2. The summed E-state index contributed by atoms with van der Waals surface area (Å²) < 4.78 is 16.3. The molecule has 0 bridgehead atoms. The van der Waals surface area contributed by atoms with Crippen LogP contribution in [-0.2, 0) is 6.42 Å². The molecule has 29 heavy (non-hydrogen) atoms. The Bertz CT molecular complexity index is 1090. The molecule has 5 rings (SSSR count). The molecule has 0 radical (unpaired) electrons. The van der Waals surface area contributed by atoms with Gasteiger partial charge in [-0.25, -0.2) is 19.3 Å². The molecule has 3 aromatic rings. The van der Waals surface area contributed by atoms with Crippen molar-refractivity contribution >= 4 is 17.2 Å². The smallest absolute Gasteiger partial charge is 0.222 e. The summed E-state index contributed by atoms with van der Waals surface area (Å²) in [4.78, 5) is 15.8. The molecule has 2 aliphatic rings. The average molecular weight is 392 g/mol. The minimum Gasteiger partial charge on any atom is -0.354 e. The molecule has 1 aliphatic carbocycles. The molecule has 1 fully saturated rings. The quantitative estimate of drug-likeness (QED) is 0.738. The second-order valence-electron chi connectivity index (χ2n) is 8.17. The maximum Gasteiger partial charge on any atom is 0.222 e. The summed E-state index contributed by atoms with van der Waals surface area (Å²) in [5.74, 6) is 1.04. The Kier molecular flexibility index (Phi) is 4.54. The van der Waals surface area contributed by atoms with Crippen molar-refractivity contribution in [2.45, 2.75) is 26.2 Å². The van der Waals surface area contributed by atoms with Crippen molar-refractivity contribution in [1.82, 2.24) is 24.3 Å². The third-order valence-corrected chi connectivity index (χ3v) is 6.10. The number of likely N-dealkylation sites (tertiary alicyclic amines) is 1. The average Bonchev–Trinajstić information content (AvgIpc) is 3.31. The lowest BCUT2D eigenvalue weighted by molar-refractivity contribution is 0.226. The number of halogens is 1. The van der Waals surface area contributed by atoms with E-state index in [1.165, 1.54) is 12.8 Å². The zero-order valence-corrected chi connectivity index (χ0v) is 16.8. The van der Waals surface area contributed by atoms with Crippen molar-refractivity contribution in [3.8, 4) is 0 Å². The molecule has 1 saturated heterocycles. The highest BCUT2D eigenvalue weighted by Gasteiger charge is 2.21. The van der Waals surface area contributed by atoms with E-state index in [1.54, 1.807) is 16.7 Å². The predicted molar refractivity (Wildman–Crippen MR) is 111 cm³/mol. The van der Waals surface area contributed by atoms with Gasteiger partial charge in [0.25, 0.3) is 0 Å². The normalized spacial score (nSPS) is 17.6. The van der Waals surface area contributed by atoms with Gasteiger partial charge in [-0.15, -0.1) is 0 Å². The fourth-order valence-electron chi connectivity index (χ4n) is 4.28. The van der Waals surface area contributed by atoms with Crippen LogP contribution in [0.15, 0.2) is 30.7 Å². The molecule has 0 atom stereocenters. The molecule has 3 aromatic heterocycles. The molecule has 0 aromatic carbocycles. The van der Waals surface area contributed by atoms with E-state index in [9.17, 15) is 4.39 Å². The summed E-state index contributed by atoms with van der Waals surface area (Å²) in [5, 5.41) is 3.41. The molecule has 150 valence electrons. The number of nitrogens with zero attached hydrogens (tertiary/aromatic N) is 5. The molecular weight excluding hydrogens is 367 g/mol. The summed E-state index contributed by atoms with van der Waals surface area (Å²) in [6.07, 6.45) is 10.7. The SMILES string of the molecule is Cc1cnc2c(F)cc(C3=CCc4nc(NCC5CCN(C)CC5)ncc43)cn12. The van der Waals surface area contributed by atoms with Crippen molar-refractivity contribution < 1.29 is 4.39 Å². The fourth-order valence-corrected chi connectivity index (χ4v) is 4.28. The van der Waals surface area contributed by atoms with Crippen molar-refractivity contribution in [1.29, 1.82) is 0 Å². The number of nitrogens with one attached hydrogen (secondary N) is 1. The second kappa shape index (κ2) is 7.22. The molecule has 1 aliphatic heterocycles. The van der Waals surface area contributed by atoms with Crippen molar-refractivity contribution in [3.63, 3.8) is 0 Å². The van der Waals surface area contributed by atoms with Crippen LogP contribution in [0.25, 0.3) is 11.2 Å². The number of hydrogen-bond acceptors (Lipinski definition) is 5. The van der Waals surface area contributed by atoms with E-state index in [-0.39, 0.29) is 5.82 Å². The molecule has 0 spiro atoms. The first-order valence-corrected chi connectivity index (χ1v) is 10.2. The lowest BCUT2D eigenvalue weighted by atomic mass is 9.97. The fraction of sp³-hybridized carbons (Fsp3) is 0.409. The molecule has 0 amide bonds. The Morgan fingerprint density at radius 3 is 2.86 bits per heavy atom. The highest BCUT2D eigenvalue weighted by Crippen LogP contribution is 2.32. The van der Waals surface area contributed by atoms with Gasteiger partial charge in [0.05, 0.1) is 5.69 Å². The number of piperidine rings is 1. The number of aryl methyl sites for hydroxylation is 1. The van der Waals surface area contributed by atoms with Crippen LogP contribution < -0.4 is 5.32 Å². The third kappa shape index (κ3) is 3.40. The maximum atomic E-state index is 14.5. The maximum absolute atomic E-state index is 14.5. The largest absolute Gasteiger partial charge is 0.354 e. The predicted octanol–water partition coefficient (Wildman–Crippen LogP) is 3.31. The topological polar surface area (TPSA) is 58.4 Å². The Labute approximate surface area is 169 Å². The van der Waals surface area contributed by atoms with Crippen LogP contribution in [0.5, 0.6) is 0 Å². The van der Waals surface area contributed by atoms with Crippen molar-refractivity contribution in [2.24, 2.45) is 5.92 Å². The zero-order chi connectivity index (χ0) is 20.0. The van der Waals surface area contributed by atoms with Gasteiger partial charge >= 0.3 is 0 Å². The van der Waals surface area contributed by atoms with Crippen LogP contribution in [0, 0.1) is 18.7 Å². The van der Waals surface area contributed by atoms with Gasteiger partial charge in [-0.3, -0.25) is 0 Å². The number of hydrogen-bond donors (Lipinski definition) is 1. The van der Waals surface area contributed by atoms with Gasteiger partial charge in [0.2, 0.25) is 5.95 Å². The van der Waals surface area contributed by atoms with Crippen molar-refractivity contribution in [3.05, 3.63) is 59.1 Å². The third-order valence-electron chi connectivity index (χ3n) is 6.10. The van der Waals surface area contributed by atoms with Gasteiger partial charge in [0.15, 0.2) is 11.5 Å². The number of rotatable bonds is 4. The molecular formula is C22H25FN6. The van der Waals surface area contributed by atoms with E-state index < -0.39 is 0 Å². The van der Waals surface area contributed by atoms with E-state index in [4.69, 9.17) is 4.98 Å². The van der Waals surface area contributed by atoms with E-state index in [1.807, 2.05) is 19.3 Å². The van der Waals surface area contributed by atoms with E-state index in [0.717, 1.165) is 54.1 Å². The Morgan fingerprint density at radius 1 is 1.21 bits per heavy atom. The molecule has 7 heteroatoms. The Balaban J connectivity index is 1.35. The van der Waals surface area contributed by atoms with Crippen LogP contribution in [0.1, 0.15) is 35.4 Å². The summed E-state index contributed by atoms with van der Waals surface area (Å²) in [7, 11) is 2.18. The second-order valence-corrected chi connectivity index (χ2v) is 8.17. The number of fused-ring (bicyclic) bond motifs is 2. The number of aromatic nitrogens is 4. The lowest BCUT2D eigenvalue weighted by Crippen LogP contribution is -2.33. The molecule has 0 unspecified atom stereocenters. The summed E-state index contributed by atoms with van der Waals surface area (Å²) >= 11 is 0. The summed E-state index contributed by atoms with van der Waals surface area (Å²) in [6.45, 7) is 5.14. The number of anilines is 1. The Morgan fingerprint density at radius 2 is 2.03 bits per heavy atom. The standard InChI is InChI=1S/C22H25FN6/c1-14-10-24-21-19(23)9-16(13-29(14)21)17-3-4-20-18(17)12-26-22(27-20)25-11-15-5-7-28(2)8-6-15/h3,9-10,12-13,15H,4-8,11H2,1-2H3,(H,25,26,27). The van der Waals surface area contributed by atoms with E-state index in [2.05, 4.69) is 33.3 Å².